The molecule has 0 aliphatic carbocycles. The van der Waals surface area contributed by atoms with Crippen LogP contribution in [0.5, 0.6) is 5.75 Å². The molecule has 2 rings (SSSR count). The summed E-state index contributed by atoms with van der Waals surface area (Å²) in [4.78, 5) is 10.9. The van der Waals surface area contributed by atoms with E-state index in [0.717, 1.165) is 25.2 Å². The molecule has 0 radical (unpaired) electrons. The maximum atomic E-state index is 10.9. The van der Waals surface area contributed by atoms with E-state index < -0.39 is 5.97 Å². The molecule has 0 bridgehead atoms. The Balaban J connectivity index is 2.08. The molecule has 0 saturated carbocycles. The second kappa shape index (κ2) is 5.73. The van der Waals surface area contributed by atoms with Crippen molar-refractivity contribution in [1.29, 1.82) is 0 Å². The Hall–Kier alpha value is -1.75. The van der Waals surface area contributed by atoms with Crippen molar-refractivity contribution in [1.82, 2.24) is 5.32 Å². The summed E-state index contributed by atoms with van der Waals surface area (Å²) in [6.45, 7) is 1.83. The predicted molar refractivity (Wildman–Crippen MR) is 69.5 cm³/mol. The maximum Gasteiger partial charge on any atom is 0.335 e. The fourth-order valence-electron chi connectivity index (χ4n) is 2.14. The first-order valence-corrected chi connectivity index (χ1v) is 6.09. The SMILES string of the molecule is COc1ccc(C(=O)O)cc1NCC1CCCN1. The number of ether oxygens (including phenoxy) is 1. The third kappa shape index (κ3) is 2.92. The summed E-state index contributed by atoms with van der Waals surface area (Å²) in [6, 6.07) is 5.27. The van der Waals surface area contributed by atoms with Crippen LogP contribution in [0.1, 0.15) is 23.2 Å². The summed E-state index contributed by atoms with van der Waals surface area (Å²) in [5.41, 5.74) is 0.990. The van der Waals surface area contributed by atoms with Crippen molar-refractivity contribution in [3.8, 4) is 5.75 Å². The first-order chi connectivity index (χ1) is 8.70. The van der Waals surface area contributed by atoms with Gasteiger partial charge in [-0.25, -0.2) is 4.79 Å². The summed E-state index contributed by atoms with van der Waals surface area (Å²) in [7, 11) is 1.58. The molecule has 1 unspecified atom stereocenters. The van der Waals surface area contributed by atoms with Gasteiger partial charge in [-0.3, -0.25) is 0 Å². The molecule has 98 valence electrons. The van der Waals surface area contributed by atoms with Crippen molar-refractivity contribution in [2.75, 3.05) is 25.5 Å². The molecule has 5 nitrogen and oxygen atoms in total. The molecule has 1 aliphatic heterocycles. The monoisotopic (exact) mass is 250 g/mol. The van der Waals surface area contributed by atoms with E-state index in [1.807, 2.05) is 0 Å². The fraction of sp³-hybridized carbons (Fsp3) is 0.462. The predicted octanol–water partition coefficient (Wildman–Crippen LogP) is 1.56. The average Bonchev–Trinajstić information content (AvgIpc) is 2.89. The minimum absolute atomic E-state index is 0.262. The van der Waals surface area contributed by atoms with E-state index in [1.165, 1.54) is 6.42 Å². The highest BCUT2D eigenvalue weighted by molar-refractivity contribution is 5.89. The second-order valence-corrected chi connectivity index (χ2v) is 4.39. The van der Waals surface area contributed by atoms with Crippen LogP contribution in [0.25, 0.3) is 0 Å². The lowest BCUT2D eigenvalue weighted by Gasteiger charge is -2.15. The van der Waals surface area contributed by atoms with E-state index in [-0.39, 0.29) is 5.56 Å². The standard InChI is InChI=1S/C13H18N2O3/c1-18-12-5-4-9(13(16)17)7-11(12)15-8-10-3-2-6-14-10/h4-5,7,10,14-15H,2-3,6,8H2,1H3,(H,16,17). The van der Waals surface area contributed by atoms with Gasteiger partial charge in [0, 0.05) is 12.6 Å². The van der Waals surface area contributed by atoms with Crippen LogP contribution in [-0.2, 0) is 0 Å². The number of hydrogen-bond acceptors (Lipinski definition) is 4. The zero-order chi connectivity index (χ0) is 13.0. The lowest BCUT2D eigenvalue weighted by atomic mass is 10.1. The van der Waals surface area contributed by atoms with Crippen LogP contribution in [0.2, 0.25) is 0 Å². The minimum Gasteiger partial charge on any atom is -0.495 e. The first kappa shape index (κ1) is 12.7. The van der Waals surface area contributed by atoms with Gasteiger partial charge in [0.1, 0.15) is 5.75 Å². The molecular formula is C13H18N2O3. The lowest BCUT2D eigenvalue weighted by Crippen LogP contribution is -2.29. The Morgan fingerprint density at radius 1 is 1.61 bits per heavy atom. The number of hydrogen-bond donors (Lipinski definition) is 3. The quantitative estimate of drug-likeness (QED) is 0.739. The van der Waals surface area contributed by atoms with Crippen LogP contribution in [0, 0.1) is 0 Å². The highest BCUT2D eigenvalue weighted by atomic mass is 16.5. The van der Waals surface area contributed by atoms with Crippen LogP contribution < -0.4 is 15.4 Å². The number of rotatable bonds is 5. The van der Waals surface area contributed by atoms with Crippen LogP contribution in [0.4, 0.5) is 5.69 Å². The van der Waals surface area contributed by atoms with E-state index in [9.17, 15) is 4.79 Å². The normalized spacial score (nSPS) is 18.6. The Bertz CT molecular complexity index is 428. The van der Waals surface area contributed by atoms with Gasteiger partial charge in [-0.2, -0.15) is 0 Å². The van der Waals surface area contributed by atoms with Gasteiger partial charge in [0.15, 0.2) is 0 Å². The third-order valence-corrected chi connectivity index (χ3v) is 3.15. The summed E-state index contributed by atoms with van der Waals surface area (Å²) >= 11 is 0. The molecule has 3 N–H and O–H groups in total. The van der Waals surface area contributed by atoms with Gasteiger partial charge in [0.2, 0.25) is 0 Å². The number of anilines is 1. The summed E-state index contributed by atoms with van der Waals surface area (Å²) < 4.78 is 5.22. The van der Waals surface area contributed by atoms with Crippen molar-refractivity contribution in [2.24, 2.45) is 0 Å². The van der Waals surface area contributed by atoms with E-state index in [4.69, 9.17) is 9.84 Å². The molecule has 1 aromatic rings. The smallest absolute Gasteiger partial charge is 0.335 e. The van der Waals surface area contributed by atoms with E-state index >= 15 is 0 Å². The number of carboxylic acid groups (broad SMARTS) is 1. The van der Waals surface area contributed by atoms with Gasteiger partial charge in [0.25, 0.3) is 0 Å². The number of carboxylic acids is 1. The van der Waals surface area contributed by atoms with Crippen molar-refractivity contribution in [2.45, 2.75) is 18.9 Å². The van der Waals surface area contributed by atoms with Crippen LogP contribution >= 0.6 is 0 Å². The number of nitrogens with one attached hydrogen (secondary N) is 2. The van der Waals surface area contributed by atoms with Gasteiger partial charge in [0.05, 0.1) is 18.4 Å². The van der Waals surface area contributed by atoms with Gasteiger partial charge >= 0.3 is 5.97 Å². The Morgan fingerprint density at radius 2 is 2.44 bits per heavy atom. The first-order valence-electron chi connectivity index (χ1n) is 6.09. The second-order valence-electron chi connectivity index (χ2n) is 4.39. The Kier molecular flexibility index (Phi) is 4.04. The molecule has 1 saturated heterocycles. The maximum absolute atomic E-state index is 10.9. The lowest BCUT2D eigenvalue weighted by molar-refractivity contribution is 0.0697. The van der Waals surface area contributed by atoms with Gasteiger partial charge in [-0.1, -0.05) is 0 Å². The number of aromatic carboxylic acids is 1. The molecular weight excluding hydrogens is 232 g/mol. The van der Waals surface area contributed by atoms with Crippen molar-refractivity contribution in [3.63, 3.8) is 0 Å². The highest BCUT2D eigenvalue weighted by Crippen LogP contribution is 2.25. The molecule has 1 aromatic carbocycles. The molecule has 0 aromatic heterocycles. The highest BCUT2D eigenvalue weighted by Gasteiger charge is 2.15. The van der Waals surface area contributed by atoms with Gasteiger partial charge in [-0.05, 0) is 37.6 Å². The molecule has 0 spiro atoms. The molecule has 1 atom stereocenters. The zero-order valence-electron chi connectivity index (χ0n) is 10.4. The molecule has 1 fully saturated rings. The van der Waals surface area contributed by atoms with Crippen LogP contribution in [0.3, 0.4) is 0 Å². The fourth-order valence-corrected chi connectivity index (χ4v) is 2.14. The Morgan fingerprint density at radius 3 is 3.06 bits per heavy atom. The third-order valence-electron chi connectivity index (χ3n) is 3.15. The largest absolute Gasteiger partial charge is 0.495 e. The number of methoxy groups -OCH3 is 1. The molecule has 1 aliphatic rings. The summed E-state index contributed by atoms with van der Waals surface area (Å²) in [6.07, 6.45) is 2.34. The van der Waals surface area contributed by atoms with Crippen molar-refractivity contribution in [3.05, 3.63) is 23.8 Å². The van der Waals surface area contributed by atoms with Crippen molar-refractivity contribution < 1.29 is 14.6 Å². The average molecular weight is 250 g/mol. The molecule has 0 amide bonds. The van der Waals surface area contributed by atoms with E-state index in [2.05, 4.69) is 10.6 Å². The molecule has 5 heteroatoms. The number of carbonyl (C=O) groups is 1. The minimum atomic E-state index is -0.931. The van der Waals surface area contributed by atoms with Crippen LogP contribution in [0.15, 0.2) is 18.2 Å². The topological polar surface area (TPSA) is 70.6 Å². The molecule has 18 heavy (non-hydrogen) atoms. The van der Waals surface area contributed by atoms with E-state index in [0.29, 0.717) is 11.8 Å². The van der Waals surface area contributed by atoms with E-state index in [1.54, 1.807) is 25.3 Å². The Labute approximate surface area is 106 Å². The molecule has 1 heterocycles. The van der Waals surface area contributed by atoms with Crippen LogP contribution in [-0.4, -0.2) is 37.3 Å². The zero-order valence-corrected chi connectivity index (χ0v) is 10.4. The van der Waals surface area contributed by atoms with Crippen molar-refractivity contribution >= 4 is 11.7 Å². The van der Waals surface area contributed by atoms with Gasteiger partial charge < -0.3 is 20.5 Å². The summed E-state index contributed by atoms with van der Waals surface area (Å²) in [5, 5.41) is 15.6. The number of benzene rings is 1. The summed E-state index contributed by atoms with van der Waals surface area (Å²) in [5.74, 6) is -0.266. The van der Waals surface area contributed by atoms with Gasteiger partial charge in [-0.15, -0.1) is 0 Å².